The lowest BCUT2D eigenvalue weighted by Crippen LogP contribution is -2.61. The van der Waals surface area contributed by atoms with Gasteiger partial charge in [0.2, 0.25) is 23.6 Å². The zero-order chi connectivity index (χ0) is 57.3. The van der Waals surface area contributed by atoms with E-state index in [2.05, 4.69) is 27.8 Å². The number of hydrogen-bond donors (Lipinski definition) is 5. The van der Waals surface area contributed by atoms with Gasteiger partial charge in [-0.3, -0.25) is 53.1 Å². The lowest BCUT2D eigenvalue weighted by Gasteiger charge is -2.43. The molecule has 5 N–H and O–H groups in total. The summed E-state index contributed by atoms with van der Waals surface area (Å²) in [6, 6.07) is 21.0. The van der Waals surface area contributed by atoms with Gasteiger partial charge < -0.3 is 35.0 Å². The van der Waals surface area contributed by atoms with Gasteiger partial charge in [0.1, 0.15) is 23.9 Å². The minimum Gasteiger partial charge on any atom is -0.484 e. The molecule has 0 radical (unpaired) electrons. The molecule has 2 fully saturated rings. The van der Waals surface area contributed by atoms with Crippen molar-refractivity contribution in [1.29, 1.82) is 0 Å². The second-order valence-electron chi connectivity index (χ2n) is 21.4. The SMILES string of the molecule is CC(C)(C)[C@H](NC(=O)c1cc2cc(C(F)(F)P(=O)(O)O)ccc2s1)C(=O)N1Cc2cc(OCC(=O)NCCCCC#Cc3cccc4c3C(=O)N(C3CCC(=O)NC3=O)C4=O)ccc2C[C@H]1C(=O)N1CCC[C@H](c2ccccc2)C1. The Morgan fingerprint density at radius 2 is 1.69 bits per heavy atom. The van der Waals surface area contributed by atoms with Gasteiger partial charge in [0.25, 0.3) is 23.6 Å². The fraction of sp³-hybridized carbons (Fsp3) is 0.379. The van der Waals surface area contributed by atoms with E-state index in [1.165, 1.54) is 23.1 Å². The predicted octanol–water partition coefficient (Wildman–Crippen LogP) is 6.75. The molecule has 80 heavy (non-hydrogen) atoms. The molecule has 22 heteroatoms. The van der Waals surface area contributed by atoms with Crippen LogP contribution in [0.2, 0.25) is 0 Å². The predicted molar refractivity (Wildman–Crippen MR) is 290 cm³/mol. The Balaban J connectivity index is 0.847. The smallest absolute Gasteiger partial charge is 0.399 e. The first-order valence-electron chi connectivity index (χ1n) is 26.3. The van der Waals surface area contributed by atoms with Crippen LogP contribution in [0.1, 0.15) is 130 Å². The highest BCUT2D eigenvalue weighted by Crippen LogP contribution is 2.59. The summed E-state index contributed by atoms with van der Waals surface area (Å²) >= 11 is 0.951. The Kier molecular flexibility index (Phi) is 16.6. The number of alkyl halides is 2. The quantitative estimate of drug-likeness (QED) is 0.0316. The van der Waals surface area contributed by atoms with Gasteiger partial charge in [-0.15, -0.1) is 11.3 Å². The van der Waals surface area contributed by atoms with Crippen molar-refractivity contribution >= 4 is 76.3 Å². The minimum atomic E-state index is -5.86. The normalized spacial score (nSPS) is 18.9. The van der Waals surface area contributed by atoms with Crippen LogP contribution in [0.25, 0.3) is 10.1 Å². The van der Waals surface area contributed by atoms with E-state index in [1.807, 2.05) is 36.4 Å². The standard InChI is InChI=1S/C58H59F2N6O12PS/c1-57(2,3)50(63-52(70)46-30-38-27-40(20-23-45(38)80-46)58(59,60)79(75,76)77)56(74)65-32-39-28-41(21-19-36(39)29-44(65)54(72)64-26-12-17-37(31-64)34-13-8-6-9-14-34)78-33-48(68)61-25-10-5-4-7-15-35-16-11-18-42-49(35)55(73)66(53(42)71)43-22-24-47(67)62-51(43)69/h6,8-9,11,13-14,16,18-21,23,27-28,30,37,43-44,50H,4-5,10,12,17,22,24-26,29,31-33H2,1-3H3,(H,61,68)(H,63,70)(H,62,67,69)(H2,75,76,77)/t37-,43?,44-,50+/m0/s1. The lowest BCUT2D eigenvalue weighted by atomic mass is 9.83. The molecule has 9 rings (SSSR count). The van der Waals surface area contributed by atoms with Gasteiger partial charge >= 0.3 is 13.3 Å². The third-order valence-corrected chi connectivity index (χ3v) is 16.9. The monoisotopic (exact) mass is 1130 g/mol. The Morgan fingerprint density at radius 3 is 2.42 bits per heavy atom. The molecule has 0 aliphatic carbocycles. The van der Waals surface area contributed by atoms with Gasteiger partial charge in [0.05, 0.1) is 16.0 Å². The van der Waals surface area contributed by atoms with Crippen LogP contribution < -0.4 is 20.7 Å². The number of benzene rings is 4. The number of rotatable bonds is 15. The van der Waals surface area contributed by atoms with E-state index >= 15 is 4.79 Å². The van der Waals surface area contributed by atoms with Crippen LogP contribution in [0.5, 0.6) is 5.75 Å². The van der Waals surface area contributed by atoms with Crippen molar-refractivity contribution in [3.8, 4) is 17.6 Å². The average Bonchev–Trinajstić information content (AvgIpc) is 4.14. The molecule has 18 nitrogen and oxygen atoms in total. The Hall–Kier alpha value is -7.63. The maximum atomic E-state index is 15.2. The summed E-state index contributed by atoms with van der Waals surface area (Å²) in [4.78, 5) is 131. The molecule has 4 aliphatic rings. The molecule has 1 aromatic heterocycles. The average molecular weight is 1130 g/mol. The van der Waals surface area contributed by atoms with Crippen LogP contribution in [-0.4, -0.2) is 116 Å². The number of carbonyl (C=O) groups is 8. The Labute approximate surface area is 463 Å². The van der Waals surface area contributed by atoms with E-state index in [1.54, 1.807) is 49.9 Å². The summed E-state index contributed by atoms with van der Waals surface area (Å²) < 4.78 is 47.3. The first kappa shape index (κ1) is 57.1. The second kappa shape index (κ2) is 23.2. The summed E-state index contributed by atoms with van der Waals surface area (Å²) in [7, 11) is -5.86. The van der Waals surface area contributed by atoms with Crippen molar-refractivity contribution in [1.82, 2.24) is 30.7 Å². The van der Waals surface area contributed by atoms with Gasteiger partial charge in [-0.25, -0.2) is 0 Å². The number of amides is 8. The number of piperidine rings is 2. The molecule has 4 aromatic carbocycles. The topological polar surface area (TPSA) is 249 Å². The highest BCUT2D eigenvalue weighted by molar-refractivity contribution is 7.52. The van der Waals surface area contributed by atoms with E-state index in [-0.39, 0.29) is 65.6 Å². The van der Waals surface area contributed by atoms with Gasteiger partial charge in [0.15, 0.2) is 6.61 Å². The van der Waals surface area contributed by atoms with E-state index in [0.29, 0.717) is 60.5 Å². The number of halogens is 2. The fourth-order valence-electron chi connectivity index (χ4n) is 10.6. The molecule has 0 bridgehead atoms. The molecule has 8 amide bonds. The lowest BCUT2D eigenvalue weighted by molar-refractivity contribution is -0.150. The van der Waals surface area contributed by atoms with Crippen LogP contribution in [0, 0.1) is 17.3 Å². The fourth-order valence-corrected chi connectivity index (χ4v) is 12.0. The number of thiophene rings is 1. The van der Waals surface area contributed by atoms with Gasteiger partial charge in [-0.2, -0.15) is 8.78 Å². The molecule has 5 heterocycles. The van der Waals surface area contributed by atoms with Crippen LogP contribution in [0.3, 0.4) is 0 Å². The molecule has 4 aliphatic heterocycles. The van der Waals surface area contributed by atoms with E-state index in [4.69, 9.17) is 4.74 Å². The van der Waals surface area contributed by atoms with Crippen molar-refractivity contribution in [3.63, 3.8) is 0 Å². The molecule has 418 valence electrons. The van der Waals surface area contributed by atoms with Gasteiger partial charge in [-0.05, 0) is 102 Å². The second-order valence-corrected chi connectivity index (χ2v) is 24.2. The number of nitrogens with one attached hydrogen (secondary N) is 3. The molecule has 0 spiro atoms. The number of unbranched alkanes of at least 4 members (excludes halogenated alkanes) is 2. The van der Waals surface area contributed by atoms with Crippen LogP contribution in [-0.2, 0) is 47.2 Å². The van der Waals surface area contributed by atoms with Gasteiger partial charge in [0, 0.05) is 67.2 Å². The van der Waals surface area contributed by atoms with Crippen molar-refractivity contribution in [2.75, 3.05) is 26.2 Å². The number of hydrogen-bond acceptors (Lipinski definition) is 11. The van der Waals surface area contributed by atoms with Crippen molar-refractivity contribution in [2.24, 2.45) is 5.41 Å². The van der Waals surface area contributed by atoms with E-state index < -0.39 is 83.7 Å². The summed E-state index contributed by atoms with van der Waals surface area (Å²) in [5.74, 6) is 2.13. The maximum absolute atomic E-state index is 15.2. The molecular weight excluding hydrogens is 1070 g/mol. The first-order valence-corrected chi connectivity index (χ1v) is 28.7. The van der Waals surface area contributed by atoms with E-state index in [9.17, 15) is 56.7 Å². The Morgan fingerprint density at radius 1 is 0.912 bits per heavy atom. The van der Waals surface area contributed by atoms with Gasteiger partial charge in [-0.1, -0.05) is 81.1 Å². The van der Waals surface area contributed by atoms with Crippen LogP contribution in [0.15, 0.2) is 91.0 Å². The summed E-state index contributed by atoms with van der Waals surface area (Å²) in [5, 5.41) is 8.02. The maximum Gasteiger partial charge on any atom is 0.399 e. The Bertz CT molecular complexity index is 3440. The van der Waals surface area contributed by atoms with Crippen molar-refractivity contribution < 1.29 is 66.2 Å². The summed E-state index contributed by atoms with van der Waals surface area (Å²) in [5.41, 5.74) is -3.15. The van der Waals surface area contributed by atoms with E-state index in [0.717, 1.165) is 52.3 Å². The zero-order valence-corrected chi connectivity index (χ0v) is 45.8. The number of likely N-dealkylation sites (tertiary alicyclic amines) is 1. The third-order valence-electron chi connectivity index (χ3n) is 14.8. The molecular formula is C58H59F2N6O12PS. The molecule has 1 unspecified atom stereocenters. The molecule has 5 aromatic rings. The highest BCUT2D eigenvalue weighted by atomic mass is 32.1. The molecule has 2 saturated heterocycles. The number of imide groups is 2. The zero-order valence-electron chi connectivity index (χ0n) is 44.1. The largest absolute Gasteiger partial charge is 0.484 e. The minimum absolute atomic E-state index is 0.00675. The summed E-state index contributed by atoms with van der Waals surface area (Å²) in [6.45, 7) is 6.17. The molecule has 0 saturated carbocycles. The van der Waals surface area contributed by atoms with Crippen molar-refractivity contribution in [3.05, 3.63) is 135 Å². The first-order chi connectivity index (χ1) is 38.0. The number of nitrogens with zero attached hydrogens (tertiary/aromatic N) is 3. The molecule has 4 atom stereocenters. The van der Waals surface area contributed by atoms with Crippen LogP contribution in [0.4, 0.5) is 8.78 Å². The number of carbonyl (C=O) groups excluding carboxylic acids is 8. The third kappa shape index (κ3) is 12.1. The highest BCUT2D eigenvalue weighted by Gasteiger charge is 2.51. The number of ether oxygens (including phenoxy) is 1. The van der Waals surface area contributed by atoms with Crippen molar-refractivity contribution in [2.45, 2.75) is 108 Å². The summed E-state index contributed by atoms with van der Waals surface area (Å²) in [6.07, 6.45) is 3.39. The number of fused-ring (bicyclic) bond motifs is 3. The van der Waals surface area contributed by atoms with Crippen LogP contribution >= 0.6 is 18.9 Å².